The number of benzene rings is 1. The van der Waals surface area contributed by atoms with E-state index in [0.29, 0.717) is 23.8 Å². The van der Waals surface area contributed by atoms with E-state index in [9.17, 15) is 4.79 Å². The van der Waals surface area contributed by atoms with Crippen LogP contribution in [0.3, 0.4) is 0 Å². The van der Waals surface area contributed by atoms with Gasteiger partial charge in [-0.1, -0.05) is 12.1 Å². The van der Waals surface area contributed by atoms with Crippen molar-refractivity contribution >= 4 is 23.3 Å². The van der Waals surface area contributed by atoms with Crippen LogP contribution in [0.4, 0.5) is 0 Å². The molecule has 4 rings (SSSR count). The van der Waals surface area contributed by atoms with Gasteiger partial charge in [0.1, 0.15) is 0 Å². The molecule has 1 aromatic carbocycles. The van der Waals surface area contributed by atoms with Crippen LogP contribution in [0.5, 0.6) is 0 Å². The van der Waals surface area contributed by atoms with Crippen LogP contribution in [0.25, 0.3) is 5.69 Å². The maximum absolute atomic E-state index is 12.0. The maximum Gasteiger partial charge on any atom is 0.337 e. The van der Waals surface area contributed by atoms with E-state index in [1.165, 1.54) is 7.11 Å². The minimum atomic E-state index is -0.368. The fourth-order valence-corrected chi connectivity index (χ4v) is 4.26. The summed E-state index contributed by atoms with van der Waals surface area (Å²) in [6.07, 6.45) is 3.77. The largest absolute Gasteiger partial charge is 0.465 e. The molecule has 1 fully saturated rings. The molecule has 8 heteroatoms. The number of aromatic nitrogens is 2. The third-order valence-corrected chi connectivity index (χ3v) is 5.72. The summed E-state index contributed by atoms with van der Waals surface area (Å²) in [4.78, 5) is 18.7. The number of hydrogen-bond donors (Lipinski definition) is 1. The number of pyridine rings is 1. The Morgan fingerprint density at radius 1 is 1.16 bits per heavy atom. The highest BCUT2D eigenvalue weighted by Crippen LogP contribution is 2.39. The van der Waals surface area contributed by atoms with E-state index in [0.717, 1.165) is 17.1 Å². The van der Waals surface area contributed by atoms with Gasteiger partial charge in [-0.2, -0.15) is 0 Å². The molecule has 0 saturated carbocycles. The smallest absolute Gasteiger partial charge is 0.337 e. The summed E-state index contributed by atoms with van der Waals surface area (Å²) < 4.78 is 12.3. The van der Waals surface area contributed by atoms with Crippen LogP contribution >= 0.6 is 12.2 Å². The molecule has 0 aliphatic carbocycles. The van der Waals surface area contributed by atoms with Gasteiger partial charge in [-0.3, -0.25) is 4.98 Å². The van der Waals surface area contributed by atoms with Crippen molar-refractivity contribution in [2.45, 2.75) is 12.1 Å². The van der Waals surface area contributed by atoms with Gasteiger partial charge >= 0.3 is 5.97 Å². The Labute approximate surface area is 186 Å². The zero-order valence-corrected chi connectivity index (χ0v) is 18.2. The number of nitrogens with zero attached hydrogens (tertiary/aromatic N) is 3. The van der Waals surface area contributed by atoms with Crippen molar-refractivity contribution in [2.24, 2.45) is 0 Å². The number of nitrogens with one attached hydrogen (secondary N) is 1. The van der Waals surface area contributed by atoms with Crippen LogP contribution in [0.1, 0.15) is 33.8 Å². The maximum atomic E-state index is 12.0. The zero-order chi connectivity index (χ0) is 21.8. The molecule has 1 N–H and O–H groups in total. The summed E-state index contributed by atoms with van der Waals surface area (Å²) in [6.45, 7) is 1.19. The Morgan fingerprint density at radius 3 is 2.77 bits per heavy atom. The van der Waals surface area contributed by atoms with E-state index in [4.69, 9.17) is 21.7 Å². The molecule has 3 aromatic rings. The first-order valence-corrected chi connectivity index (χ1v) is 10.4. The lowest BCUT2D eigenvalue weighted by molar-refractivity contribution is 0.0600. The number of methoxy groups -OCH3 is 2. The molecule has 0 amide bonds. The summed E-state index contributed by atoms with van der Waals surface area (Å²) >= 11 is 5.67. The molecular weight excluding hydrogens is 412 g/mol. The fraction of sp³-hybridized carbons (Fsp3) is 0.261. The minimum Gasteiger partial charge on any atom is -0.465 e. The van der Waals surface area contributed by atoms with Gasteiger partial charge in [-0.25, -0.2) is 4.79 Å². The predicted molar refractivity (Wildman–Crippen MR) is 121 cm³/mol. The molecule has 1 aliphatic rings. The Kier molecular flexibility index (Phi) is 6.29. The SMILES string of the molecule is COCCN1C(=S)N[C@@H](c2ccccn2)[C@H]1c1cccn1-c1cccc(C(=O)OC)c1. The molecule has 2 atom stereocenters. The van der Waals surface area contributed by atoms with Gasteiger partial charge in [-0.05, 0) is 54.7 Å². The summed E-state index contributed by atoms with van der Waals surface area (Å²) in [6, 6.07) is 17.1. The first-order valence-electron chi connectivity index (χ1n) is 9.97. The number of hydrogen-bond acceptors (Lipinski definition) is 5. The zero-order valence-electron chi connectivity index (χ0n) is 17.4. The van der Waals surface area contributed by atoms with Crippen LogP contribution in [0.2, 0.25) is 0 Å². The fourth-order valence-electron chi connectivity index (χ4n) is 3.93. The van der Waals surface area contributed by atoms with Crippen LogP contribution in [-0.2, 0) is 9.47 Å². The molecule has 160 valence electrons. The highest BCUT2D eigenvalue weighted by molar-refractivity contribution is 7.80. The van der Waals surface area contributed by atoms with Crippen molar-refractivity contribution in [2.75, 3.05) is 27.4 Å². The molecule has 2 aromatic heterocycles. The first-order chi connectivity index (χ1) is 15.1. The van der Waals surface area contributed by atoms with Crippen molar-refractivity contribution < 1.29 is 14.3 Å². The molecule has 7 nitrogen and oxygen atoms in total. The van der Waals surface area contributed by atoms with Crippen molar-refractivity contribution in [3.8, 4) is 5.69 Å². The van der Waals surface area contributed by atoms with E-state index >= 15 is 0 Å². The average Bonchev–Trinajstić information content (AvgIpc) is 3.42. The van der Waals surface area contributed by atoms with Crippen molar-refractivity contribution in [1.82, 2.24) is 19.8 Å². The van der Waals surface area contributed by atoms with Gasteiger partial charge in [-0.15, -0.1) is 0 Å². The highest BCUT2D eigenvalue weighted by Gasteiger charge is 2.41. The van der Waals surface area contributed by atoms with Crippen LogP contribution in [0, 0.1) is 0 Å². The van der Waals surface area contributed by atoms with Gasteiger partial charge < -0.3 is 24.3 Å². The Bertz CT molecular complexity index is 1070. The van der Waals surface area contributed by atoms with E-state index < -0.39 is 0 Å². The number of esters is 1. The van der Waals surface area contributed by atoms with Gasteiger partial charge in [0.05, 0.1) is 37.1 Å². The summed E-state index contributed by atoms with van der Waals surface area (Å²) in [5, 5.41) is 4.10. The molecule has 0 unspecified atom stereocenters. The number of thiocarbonyl (C=S) groups is 1. The predicted octanol–water partition coefficient (Wildman–Crippen LogP) is 3.28. The quantitative estimate of drug-likeness (QED) is 0.450. The summed E-state index contributed by atoms with van der Waals surface area (Å²) in [7, 11) is 3.06. The first kappa shape index (κ1) is 21.0. The summed E-state index contributed by atoms with van der Waals surface area (Å²) in [5.74, 6) is -0.368. The van der Waals surface area contributed by atoms with Gasteiger partial charge in [0.25, 0.3) is 0 Å². The Morgan fingerprint density at radius 2 is 2.03 bits per heavy atom. The van der Waals surface area contributed by atoms with E-state index in [2.05, 4.69) is 25.8 Å². The van der Waals surface area contributed by atoms with Crippen molar-refractivity contribution in [3.05, 3.63) is 83.9 Å². The van der Waals surface area contributed by atoms with E-state index in [1.807, 2.05) is 48.7 Å². The second-order valence-electron chi connectivity index (χ2n) is 7.16. The van der Waals surface area contributed by atoms with Gasteiger partial charge in [0, 0.05) is 37.4 Å². The molecule has 0 bridgehead atoms. The molecule has 1 saturated heterocycles. The monoisotopic (exact) mass is 436 g/mol. The highest BCUT2D eigenvalue weighted by atomic mass is 32.1. The Balaban J connectivity index is 1.78. The second kappa shape index (κ2) is 9.28. The average molecular weight is 437 g/mol. The minimum absolute atomic E-state index is 0.102. The molecule has 31 heavy (non-hydrogen) atoms. The van der Waals surface area contributed by atoms with Crippen LogP contribution in [-0.4, -0.2) is 52.9 Å². The topological polar surface area (TPSA) is 68.6 Å². The van der Waals surface area contributed by atoms with Crippen molar-refractivity contribution in [1.29, 1.82) is 0 Å². The second-order valence-corrected chi connectivity index (χ2v) is 7.54. The molecule has 0 spiro atoms. The third-order valence-electron chi connectivity index (χ3n) is 5.36. The number of ether oxygens (including phenoxy) is 2. The van der Waals surface area contributed by atoms with Crippen molar-refractivity contribution in [3.63, 3.8) is 0 Å². The standard InChI is InChI=1S/C23H24N4O3S/c1-29-14-13-27-21(20(25-23(27)31)18-9-3-4-11-24-18)19-10-6-12-26(19)17-8-5-7-16(15-17)22(28)30-2/h3-12,15,20-21H,13-14H2,1-2H3,(H,25,31)/t20-,21+/m0/s1. The normalized spacial score (nSPS) is 18.1. The molecule has 0 radical (unpaired) electrons. The number of carbonyl (C=O) groups excluding carboxylic acids is 1. The molecule has 3 heterocycles. The van der Waals surface area contributed by atoms with Gasteiger partial charge in [0.2, 0.25) is 0 Å². The third kappa shape index (κ3) is 4.17. The Hall–Kier alpha value is -3.23. The lowest BCUT2D eigenvalue weighted by Gasteiger charge is -2.28. The lowest BCUT2D eigenvalue weighted by Crippen LogP contribution is -2.33. The van der Waals surface area contributed by atoms with Crippen LogP contribution < -0.4 is 5.32 Å². The summed E-state index contributed by atoms with van der Waals surface area (Å²) in [5.41, 5.74) is 3.30. The van der Waals surface area contributed by atoms with E-state index in [-0.39, 0.29) is 18.1 Å². The number of rotatable bonds is 7. The molecule has 1 aliphatic heterocycles. The van der Waals surface area contributed by atoms with Crippen LogP contribution in [0.15, 0.2) is 67.0 Å². The molecular formula is C23H24N4O3S. The lowest BCUT2D eigenvalue weighted by atomic mass is 10.0. The van der Waals surface area contributed by atoms with Gasteiger partial charge in [0.15, 0.2) is 5.11 Å². The van der Waals surface area contributed by atoms with E-state index in [1.54, 1.807) is 19.4 Å². The number of carbonyl (C=O) groups is 1.